The lowest BCUT2D eigenvalue weighted by atomic mass is 10.1. The molecule has 2 aromatic carbocycles. The van der Waals surface area contributed by atoms with Crippen LogP contribution in [0, 0.1) is 13.8 Å². The molecule has 4 aromatic rings. The van der Waals surface area contributed by atoms with Crippen molar-refractivity contribution in [2.24, 2.45) is 0 Å². The Bertz CT molecular complexity index is 1460. The molecule has 8 nitrogen and oxygen atoms in total. The Morgan fingerprint density at radius 2 is 1.77 bits per heavy atom. The van der Waals surface area contributed by atoms with Gasteiger partial charge >= 0.3 is 5.76 Å². The van der Waals surface area contributed by atoms with Crippen molar-refractivity contribution in [3.63, 3.8) is 0 Å². The zero-order valence-electron chi connectivity index (χ0n) is 17.3. The number of fused-ring (bicyclic) bond motifs is 2. The third-order valence-electron chi connectivity index (χ3n) is 5.83. The number of H-pyrrole nitrogens is 1. The fraction of sp³-hybridized carbons (Fsp3) is 0.273. The summed E-state index contributed by atoms with van der Waals surface area (Å²) in [5.74, 6) is 0.262. The topological polar surface area (TPSA) is 99.5 Å². The molecule has 1 fully saturated rings. The van der Waals surface area contributed by atoms with Crippen molar-refractivity contribution in [2.45, 2.75) is 18.7 Å². The molecule has 1 aliphatic heterocycles. The highest BCUT2D eigenvalue weighted by Gasteiger charge is 2.29. The predicted molar refractivity (Wildman–Crippen MR) is 119 cm³/mol. The minimum Gasteiger partial charge on any atom is -0.408 e. The molecule has 0 saturated carbocycles. The molecular formula is C22H22N4O4S. The zero-order valence-corrected chi connectivity index (χ0v) is 18.1. The first-order chi connectivity index (χ1) is 14.8. The van der Waals surface area contributed by atoms with Gasteiger partial charge in [-0.1, -0.05) is 18.2 Å². The Balaban J connectivity index is 1.39. The zero-order chi connectivity index (χ0) is 21.8. The van der Waals surface area contributed by atoms with Crippen molar-refractivity contribution in [1.82, 2.24) is 14.3 Å². The highest BCUT2D eigenvalue weighted by Crippen LogP contribution is 2.27. The number of para-hydroxylation sites is 1. The van der Waals surface area contributed by atoms with E-state index in [9.17, 15) is 13.2 Å². The molecule has 0 bridgehead atoms. The van der Waals surface area contributed by atoms with Crippen LogP contribution in [0.15, 0.2) is 56.6 Å². The first-order valence-electron chi connectivity index (χ1n) is 10.1. The molecule has 0 radical (unpaired) electrons. The monoisotopic (exact) mass is 438 g/mol. The summed E-state index contributed by atoms with van der Waals surface area (Å²) in [6.07, 6.45) is 0. The highest BCUT2D eigenvalue weighted by molar-refractivity contribution is 7.89. The first kappa shape index (κ1) is 19.8. The van der Waals surface area contributed by atoms with E-state index in [2.05, 4.69) is 28.9 Å². The maximum absolute atomic E-state index is 13.1. The average molecular weight is 439 g/mol. The summed E-state index contributed by atoms with van der Waals surface area (Å²) in [5, 5.41) is 1.14. The molecule has 9 heteroatoms. The van der Waals surface area contributed by atoms with Gasteiger partial charge in [-0.25, -0.2) is 18.2 Å². The Morgan fingerprint density at radius 1 is 1.00 bits per heavy atom. The van der Waals surface area contributed by atoms with Crippen LogP contribution in [0.5, 0.6) is 0 Å². The van der Waals surface area contributed by atoms with E-state index in [1.807, 2.05) is 19.1 Å². The Kier molecular flexibility index (Phi) is 4.60. The van der Waals surface area contributed by atoms with Gasteiger partial charge in [-0.15, -0.1) is 0 Å². The highest BCUT2D eigenvalue weighted by atomic mass is 32.2. The van der Waals surface area contributed by atoms with E-state index in [0.717, 1.165) is 27.8 Å². The van der Waals surface area contributed by atoms with Crippen LogP contribution in [0.2, 0.25) is 0 Å². The van der Waals surface area contributed by atoms with Crippen molar-refractivity contribution in [2.75, 3.05) is 31.1 Å². The molecule has 31 heavy (non-hydrogen) atoms. The summed E-state index contributed by atoms with van der Waals surface area (Å²) in [4.78, 5) is 21.0. The molecule has 3 heterocycles. The van der Waals surface area contributed by atoms with Crippen LogP contribution < -0.4 is 10.7 Å². The first-order valence-corrected chi connectivity index (χ1v) is 11.5. The lowest BCUT2D eigenvalue weighted by Gasteiger charge is -2.35. The van der Waals surface area contributed by atoms with Crippen LogP contribution in [0.1, 0.15) is 11.1 Å². The number of aryl methyl sites for hydroxylation is 2. The second kappa shape index (κ2) is 7.21. The van der Waals surface area contributed by atoms with E-state index in [-0.39, 0.29) is 10.5 Å². The molecule has 0 unspecified atom stereocenters. The van der Waals surface area contributed by atoms with Gasteiger partial charge in [-0.3, -0.25) is 4.98 Å². The van der Waals surface area contributed by atoms with E-state index in [1.165, 1.54) is 16.4 Å². The SMILES string of the molecule is Cc1cc(N2CCN(S(=O)(=O)c3ccc4[nH]c(=O)oc4c3)CC2)nc2c(C)cccc12. The summed E-state index contributed by atoms with van der Waals surface area (Å²) >= 11 is 0. The number of aromatic nitrogens is 2. The summed E-state index contributed by atoms with van der Waals surface area (Å²) in [5.41, 5.74) is 3.96. The Labute approximate surface area is 179 Å². The van der Waals surface area contributed by atoms with Crippen LogP contribution in [0.3, 0.4) is 0 Å². The smallest absolute Gasteiger partial charge is 0.408 e. The van der Waals surface area contributed by atoms with Crippen LogP contribution in [-0.2, 0) is 10.0 Å². The maximum Gasteiger partial charge on any atom is 0.417 e. The Hall–Kier alpha value is -3.17. The third-order valence-corrected chi connectivity index (χ3v) is 7.72. The van der Waals surface area contributed by atoms with Crippen LogP contribution >= 0.6 is 0 Å². The molecule has 5 rings (SSSR count). The number of anilines is 1. The molecule has 2 aromatic heterocycles. The Morgan fingerprint density at radius 3 is 2.55 bits per heavy atom. The fourth-order valence-electron chi connectivity index (χ4n) is 4.10. The lowest BCUT2D eigenvalue weighted by molar-refractivity contribution is 0.384. The standard InChI is InChI=1S/C22H22N4O4S/c1-14-4-3-5-17-15(2)12-20(24-21(14)17)25-8-10-26(11-9-25)31(28,29)16-6-7-18-19(13-16)30-22(27)23-18/h3-7,12-13H,8-11H2,1-2H3,(H,23,27). The number of nitrogens with zero attached hydrogens (tertiary/aromatic N) is 3. The van der Waals surface area contributed by atoms with Crippen molar-refractivity contribution >= 4 is 37.8 Å². The van der Waals surface area contributed by atoms with Crippen molar-refractivity contribution < 1.29 is 12.8 Å². The number of benzene rings is 2. The van der Waals surface area contributed by atoms with E-state index in [1.54, 1.807) is 6.07 Å². The predicted octanol–water partition coefficient (Wildman–Crippen LogP) is 2.80. The van der Waals surface area contributed by atoms with Crippen LogP contribution in [0.25, 0.3) is 22.0 Å². The number of pyridine rings is 1. The summed E-state index contributed by atoms with van der Waals surface area (Å²) in [6, 6.07) is 12.7. The normalized spacial score (nSPS) is 15.7. The number of sulfonamides is 1. The molecule has 1 N–H and O–H groups in total. The third kappa shape index (κ3) is 3.39. The fourth-order valence-corrected chi connectivity index (χ4v) is 5.54. The van der Waals surface area contributed by atoms with Gasteiger partial charge in [-0.05, 0) is 43.2 Å². The molecule has 0 atom stereocenters. The second-order valence-electron chi connectivity index (χ2n) is 7.83. The molecule has 160 valence electrons. The van der Waals surface area contributed by atoms with Gasteiger partial charge in [0.2, 0.25) is 10.0 Å². The number of aromatic amines is 1. The number of nitrogens with one attached hydrogen (secondary N) is 1. The molecule has 1 saturated heterocycles. The number of piperazine rings is 1. The van der Waals surface area contributed by atoms with Gasteiger partial charge in [0.25, 0.3) is 0 Å². The molecule has 0 amide bonds. The van der Waals surface area contributed by atoms with E-state index < -0.39 is 15.8 Å². The maximum atomic E-state index is 13.1. The van der Waals surface area contributed by atoms with Gasteiger partial charge in [0.1, 0.15) is 5.82 Å². The minimum absolute atomic E-state index is 0.117. The van der Waals surface area contributed by atoms with Gasteiger partial charge in [0.05, 0.1) is 15.9 Å². The van der Waals surface area contributed by atoms with Crippen molar-refractivity contribution in [3.8, 4) is 0 Å². The van der Waals surface area contributed by atoms with Crippen molar-refractivity contribution in [3.05, 3.63) is 64.1 Å². The van der Waals surface area contributed by atoms with Gasteiger partial charge in [0.15, 0.2) is 5.58 Å². The van der Waals surface area contributed by atoms with Crippen LogP contribution in [-0.4, -0.2) is 48.9 Å². The average Bonchev–Trinajstić information content (AvgIpc) is 3.13. The second-order valence-corrected chi connectivity index (χ2v) is 9.77. The van der Waals surface area contributed by atoms with E-state index >= 15 is 0 Å². The number of rotatable bonds is 3. The minimum atomic E-state index is -3.69. The number of hydrogen-bond donors (Lipinski definition) is 1. The summed E-state index contributed by atoms with van der Waals surface area (Å²) in [7, 11) is -3.69. The van der Waals surface area contributed by atoms with Crippen LogP contribution in [0.4, 0.5) is 5.82 Å². The quantitative estimate of drug-likeness (QED) is 0.528. The van der Waals surface area contributed by atoms with Crippen molar-refractivity contribution in [1.29, 1.82) is 0 Å². The van der Waals surface area contributed by atoms with Gasteiger partial charge < -0.3 is 9.32 Å². The summed E-state index contributed by atoms with van der Waals surface area (Å²) < 4.78 is 32.7. The molecule has 0 aliphatic carbocycles. The van der Waals surface area contributed by atoms with Gasteiger partial charge in [0, 0.05) is 37.6 Å². The lowest BCUT2D eigenvalue weighted by Crippen LogP contribution is -2.48. The van der Waals surface area contributed by atoms with E-state index in [0.29, 0.717) is 31.7 Å². The van der Waals surface area contributed by atoms with E-state index in [4.69, 9.17) is 9.40 Å². The summed E-state index contributed by atoms with van der Waals surface area (Å²) in [6.45, 7) is 5.92. The number of hydrogen-bond acceptors (Lipinski definition) is 6. The molecule has 1 aliphatic rings. The molecular weight excluding hydrogens is 416 g/mol. The van der Waals surface area contributed by atoms with Gasteiger partial charge in [-0.2, -0.15) is 4.31 Å². The number of oxazole rings is 1. The molecule has 0 spiro atoms. The largest absolute Gasteiger partial charge is 0.417 e.